The highest BCUT2D eigenvalue weighted by molar-refractivity contribution is 5.91. The second kappa shape index (κ2) is 26.8. The third-order valence-corrected chi connectivity index (χ3v) is 12.2. The molecule has 2 aromatic heterocycles. The minimum atomic E-state index is -4.04. The van der Waals surface area contributed by atoms with Gasteiger partial charge < -0.3 is 61.4 Å². The molecule has 4 aliphatic rings. The molecule has 4 aliphatic heterocycles. The van der Waals surface area contributed by atoms with Gasteiger partial charge in [-0.25, -0.2) is 23.5 Å². The Hall–Kier alpha value is -5.77. The maximum Gasteiger partial charge on any atom is 0.392 e. The zero-order valence-electron chi connectivity index (χ0n) is 41.5. The highest BCUT2D eigenvalue weighted by Gasteiger charge is 2.29. The zero-order chi connectivity index (χ0) is 51.2. The van der Waals surface area contributed by atoms with Crippen LogP contribution in [-0.2, 0) is 9.47 Å². The summed E-state index contributed by atoms with van der Waals surface area (Å²) in [5.74, 6) is 1.99. The van der Waals surface area contributed by atoms with Crippen LogP contribution in [-0.4, -0.2) is 141 Å². The fourth-order valence-electron chi connectivity index (χ4n) is 8.21. The molecule has 72 heavy (non-hydrogen) atoms. The maximum absolute atomic E-state index is 14.9. The Morgan fingerprint density at radius 2 is 1.29 bits per heavy atom. The lowest BCUT2D eigenvalue weighted by molar-refractivity contribution is -0.127. The van der Waals surface area contributed by atoms with Crippen molar-refractivity contribution in [1.29, 1.82) is 0 Å². The van der Waals surface area contributed by atoms with E-state index in [0.29, 0.717) is 69.8 Å². The minimum Gasteiger partial charge on any atom is -0.396 e. The molecule has 0 bridgehead atoms. The number of carbonyl (C=O) groups excluding carboxylic acids is 1. The van der Waals surface area contributed by atoms with Gasteiger partial charge in [0, 0.05) is 64.4 Å². The quantitative estimate of drug-likeness (QED) is 0.0386. The first kappa shape index (κ1) is 57.1. The molecule has 2 aromatic carbocycles. The fourth-order valence-corrected chi connectivity index (χ4v) is 8.21. The topological polar surface area (TPSA) is 186 Å². The van der Waals surface area contributed by atoms with Crippen molar-refractivity contribution in [2.24, 2.45) is 0 Å². The van der Waals surface area contributed by atoms with Crippen molar-refractivity contribution < 1.29 is 46.4 Å². The van der Waals surface area contributed by atoms with Gasteiger partial charge in [-0.05, 0) is 116 Å². The summed E-state index contributed by atoms with van der Waals surface area (Å²) >= 11 is 0. The molecule has 2 amide bonds. The molecule has 394 valence electrons. The van der Waals surface area contributed by atoms with Crippen molar-refractivity contribution in [2.45, 2.75) is 65.7 Å². The van der Waals surface area contributed by atoms with Gasteiger partial charge in [-0.1, -0.05) is 30.2 Å². The van der Waals surface area contributed by atoms with E-state index in [-0.39, 0.29) is 55.1 Å². The van der Waals surface area contributed by atoms with Gasteiger partial charge in [-0.2, -0.15) is 13.2 Å². The molecule has 0 saturated carbocycles. The maximum atomic E-state index is 14.9. The summed E-state index contributed by atoms with van der Waals surface area (Å²) in [6, 6.07) is 13.4. The van der Waals surface area contributed by atoms with Gasteiger partial charge in [0.2, 0.25) is 0 Å². The van der Waals surface area contributed by atoms with Crippen molar-refractivity contribution in [3.63, 3.8) is 0 Å². The number of rotatable bonds is 13. The number of urea groups is 1. The predicted molar refractivity (Wildman–Crippen MR) is 277 cm³/mol. The molecule has 2 fully saturated rings. The van der Waals surface area contributed by atoms with Gasteiger partial charge in [-0.15, -0.1) is 12.4 Å². The summed E-state index contributed by atoms with van der Waals surface area (Å²) in [4.78, 5) is 28.2. The molecule has 6 heterocycles. The lowest BCUT2D eigenvalue weighted by Crippen LogP contribution is -2.37. The average molecular weight is 1030 g/mol. The lowest BCUT2D eigenvalue weighted by Gasteiger charge is -2.29. The van der Waals surface area contributed by atoms with E-state index in [0.717, 1.165) is 77.6 Å². The van der Waals surface area contributed by atoms with Crippen LogP contribution in [0.25, 0.3) is 22.3 Å². The predicted octanol–water partition coefficient (Wildman–Crippen LogP) is 8.31. The third kappa shape index (κ3) is 16.4. The number of hydrogen-bond acceptors (Lipinski definition) is 13. The number of nitrogens with one attached hydrogen (secondary N) is 4. The molecular formula is C51H68ClF5N10O5. The second-order valence-corrected chi connectivity index (χ2v) is 18.0. The number of ether oxygens (including phenoxy) is 2. The number of hydrogen-bond donors (Lipinski definition) is 7. The summed E-state index contributed by atoms with van der Waals surface area (Å²) < 4.78 is 74.4. The number of nitrogens with two attached hydrogens (primary N) is 1. The first-order valence-electron chi connectivity index (χ1n) is 23.9. The smallest absolute Gasteiger partial charge is 0.392 e. The number of halogens is 6. The Morgan fingerprint density at radius 1 is 0.778 bits per heavy atom. The lowest BCUT2D eigenvalue weighted by atomic mass is 9.99. The second-order valence-electron chi connectivity index (χ2n) is 18.0. The first-order chi connectivity index (χ1) is 33.9. The molecule has 2 saturated heterocycles. The van der Waals surface area contributed by atoms with Crippen LogP contribution < -0.4 is 36.8 Å². The Bertz CT molecular complexity index is 2510. The van der Waals surface area contributed by atoms with E-state index in [9.17, 15) is 37.0 Å². The molecule has 0 unspecified atom stereocenters. The molecule has 0 aliphatic carbocycles. The SMILES string of the molecule is CCC1=CCN(C(=O)Nc2cc(-c3cc(N[C@H](C)CO)nc(N4CCOCC4)c3)c(C)cc2F)C1.Cc1cc(F)c(N)cc1-c1cc(N[C@H](C)CO)nc(N2CCOCC2)c1.Cl.FC(F)(F)CC1=CCNC1. The van der Waals surface area contributed by atoms with E-state index in [4.69, 9.17) is 20.2 Å². The number of carbonyl (C=O) groups is 1. The van der Waals surface area contributed by atoms with E-state index < -0.39 is 24.2 Å². The zero-order valence-corrected chi connectivity index (χ0v) is 42.3. The average Bonchev–Trinajstić information content (AvgIpc) is 4.06. The van der Waals surface area contributed by atoms with E-state index in [1.165, 1.54) is 17.7 Å². The molecule has 0 spiro atoms. The van der Waals surface area contributed by atoms with Gasteiger partial charge in [0.25, 0.3) is 0 Å². The van der Waals surface area contributed by atoms with Crippen LogP contribution in [0.3, 0.4) is 0 Å². The van der Waals surface area contributed by atoms with Gasteiger partial charge in [-0.3, -0.25) is 0 Å². The summed E-state index contributed by atoms with van der Waals surface area (Å²) in [5, 5.41) is 30.8. The number of alkyl halides is 3. The van der Waals surface area contributed by atoms with Crippen molar-refractivity contribution in [2.75, 3.05) is 123 Å². The van der Waals surface area contributed by atoms with Crippen molar-refractivity contribution in [3.05, 3.63) is 94.6 Å². The number of benzene rings is 2. The molecule has 8 N–H and O–H groups in total. The number of nitrogens with zero attached hydrogens (tertiary/aromatic N) is 5. The van der Waals surface area contributed by atoms with Gasteiger partial charge in [0.1, 0.15) is 34.9 Å². The van der Waals surface area contributed by atoms with E-state index in [2.05, 4.69) is 43.0 Å². The Kier molecular flexibility index (Phi) is 21.3. The van der Waals surface area contributed by atoms with Gasteiger partial charge in [0.05, 0.1) is 57.4 Å². The van der Waals surface area contributed by atoms with Crippen LogP contribution in [0.5, 0.6) is 0 Å². The number of aryl methyl sites for hydroxylation is 2. The van der Waals surface area contributed by atoms with Crippen LogP contribution in [0, 0.1) is 25.5 Å². The molecule has 4 aromatic rings. The van der Waals surface area contributed by atoms with Crippen molar-refractivity contribution in [3.8, 4) is 22.3 Å². The number of anilines is 6. The third-order valence-electron chi connectivity index (χ3n) is 12.2. The van der Waals surface area contributed by atoms with Gasteiger partial charge in [0.15, 0.2) is 0 Å². The van der Waals surface area contributed by atoms with Crippen molar-refractivity contribution in [1.82, 2.24) is 20.2 Å². The monoisotopic (exact) mass is 1030 g/mol. The number of aliphatic hydroxyl groups excluding tert-OH is 2. The molecule has 0 radical (unpaired) electrons. The number of amides is 2. The largest absolute Gasteiger partial charge is 0.396 e. The number of nitrogen functional groups attached to an aromatic ring is 1. The van der Waals surface area contributed by atoms with Gasteiger partial charge >= 0.3 is 12.2 Å². The first-order valence-corrected chi connectivity index (χ1v) is 23.9. The van der Waals surface area contributed by atoms with Crippen molar-refractivity contribution >= 4 is 53.1 Å². The standard InChI is InChI=1S/C26H34FN5O3.C19H25FN4O2.C6H8F3N.ClH/c1-4-19-5-6-32(15-19)26(34)29-23-14-21(17(2)11-22(23)27)20-12-24(28-18(3)16-33)30-25(13-20)31-7-9-35-10-8-31;1-12-7-16(20)17(21)10-15(12)14-8-18(22-13(2)11-25)23-19(9-14)24-3-5-26-6-4-24;7-6(8,9)3-5-1-2-10-4-5;/h5,11-14,18,33H,4,6-10,15-16H2,1-3H3,(H,28,30)(H,29,34);7-10,13,25H,3-6,11,21H2,1-2H3,(H,22,23);1,10H,2-4H2;1H/t18-;13-;;/m11../s1. The minimum absolute atomic E-state index is 0. The van der Waals surface area contributed by atoms with Crippen LogP contribution in [0.15, 0.2) is 71.8 Å². The molecule has 15 nitrogen and oxygen atoms in total. The number of morpholine rings is 2. The van der Waals surface area contributed by atoms with Crippen LogP contribution in [0.1, 0.15) is 44.7 Å². The van der Waals surface area contributed by atoms with E-state index >= 15 is 0 Å². The Morgan fingerprint density at radius 3 is 1.75 bits per heavy atom. The van der Waals surface area contributed by atoms with Crippen LogP contribution >= 0.6 is 12.4 Å². The van der Waals surface area contributed by atoms with E-state index in [1.807, 2.05) is 58.0 Å². The highest BCUT2D eigenvalue weighted by Crippen LogP contribution is 2.35. The summed E-state index contributed by atoms with van der Waals surface area (Å²) in [5.41, 5.74) is 12.7. The molecule has 21 heteroatoms. The Labute approximate surface area is 424 Å². The van der Waals surface area contributed by atoms with Crippen LogP contribution in [0.4, 0.5) is 61.4 Å². The highest BCUT2D eigenvalue weighted by atomic mass is 35.5. The summed E-state index contributed by atoms with van der Waals surface area (Å²) in [6.45, 7) is 17.1. The summed E-state index contributed by atoms with van der Waals surface area (Å²) in [6.07, 6.45) is -0.278. The van der Waals surface area contributed by atoms with E-state index in [1.54, 1.807) is 23.1 Å². The summed E-state index contributed by atoms with van der Waals surface area (Å²) in [7, 11) is 0. The number of aliphatic hydroxyl groups is 2. The molecule has 8 rings (SSSR count). The fraction of sp³-hybridized carbons (Fsp3) is 0.471. The normalized spacial score (nSPS) is 16.5. The Balaban J connectivity index is 0.000000228. The number of aromatic nitrogens is 2. The molecule has 2 atom stereocenters. The van der Waals surface area contributed by atoms with Crippen LogP contribution in [0.2, 0.25) is 0 Å². The number of pyridine rings is 2. The molecular weight excluding hydrogens is 963 g/mol.